The predicted molar refractivity (Wildman–Crippen MR) is 41.1 cm³/mol. The van der Waals surface area contributed by atoms with Crippen LogP contribution in [0.25, 0.3) is 0 Å². The van der Waals surface area contributed by atoms with Gasteiger partial charge in [0.1, 0.15) is 0 Å². The summed E-state index contributed by atoms with van der Waals surface area (Å²) in [5.41, 5.74) is 2.60. The lowest BCUT2D eigenvalue weighted by Gasteiger charge is -2.21. The molecule has 0 unspecified atom stereocenters. The maximum Gasteiger partial charge on any atom is 0.0568 e. The van der Waals surface area contributed by atoms with Gasteiger partial charge < -0.3 is 4.90 Å². The van der Waals surface area contributed by atoms with Crippen LogP contribution in [0.2, 0.25) is 0 Å². The Balaban J connectivity index is 2.24. The summed E-state index contributed by atoms with van der Waals surface area (Å²) < 4.78 is 0. The van der Waals surface area contributed by atoms with E-state index in [9.17, 15) is 0 Å². The molecule has 0 N–H and O–H groups in total. The van der Waals surface area contributed by atoms with E-state index in [1.54, 1.807) is 0 Å². The van der Waals surface area contributed by atoms with Crippen LogP contribution in [0.3, 0.4) is 0 Å². The van der Waals surface area contributed by atoms with Gasteiger partial charge in [0.2, 0.25) is 0 Å². The molecule has 2 rings (SSSR count). The standard InChI is InChI=1S/C8H10N2/c1-10-5-3-8-7(6-10)2-4-9-8/h2H,3,5-6H2,1H3. The van der Waals surface area contributed by atoms with Crippen molar-refractivity contribution >= 4 is 5.87 Å². The number of hydrogen-bond donors (Lipinski definition) is 0. The first-order valence-electron chi connectivity index (χ1n) is 3.56. The average molecular weight is 134 g/mol. The van der Waals surface area contributed by atoms with E-state index < -0.39 is 0 Å². The number of likely N-dealkylation sites (N-methyl/N-ethyl adjacent to an activating group) is 1. The predicted octanol–water partition coefficient (Wildman–Crippen LogP) is 0.816. The Hall–Kier alpha value is -0.850. The molecule has 0 aromatic rings. The van der Waals surface area contributed by atoms with Gasteiger partial charge >= 0.3 is 0 Å². The second kappa shape index (κ2) is 2.08. The molecule has 2 aliphatic rings. The van der Waals surface area contributed by atoms with Gasteiger partial charge in [-0.1, -0.05) is 0 Å². The van der Waals surface area contributed by atoms with Crippen LogP contribution in [0.5, 0.6) is 0 Å². The third-order valence-corrected chi connectivity index (χ3v) is 1.98. The topological polar surface area (TPSA) is 15.6 Å². The molecule has 0 bridgehead atoms. The second-order valence-electron chi connectivity index (χ2n) is 2.84. The summed E-state index contributed by atoms with van der Waals surface area (Å²) in [5.74, 6) is 2.88. The lowest BCUT2D eigenvalue weighted by atomic mass is 10.1. The fourth-order valence-electron chi connectivity index (χ4n) is 1.36. The third kappa shape index (κ3) is 0.821. The lowest BCUT2D eigenvalue weighted by Crippen LogP contribution is -2.26. The van der Waals surface area contributed by atoms with Crippen LogP contribution in [0.15, 0.2) is 22.3 Å². The molecule has 0 aliphatic carbocycles. The van der Waals surface area contributed by atoms with E-state index in [0.29, 0.717) is 0 Å². The van der Waals surface area contributed by atoms with Gasteiger partial charge in [0.15, 0.2) is 0 Å². The SMILES string of the molecule is CN1CCC2=C(C=C=N2)C1. The Bertz CT molecular complexity index is 244. The largest absolute Gasteiger partial charge is 0.302 e. The maximum absolute atomic E-state index is 4.14. The highest BCUT2D eigenvalue weighted by atomic mass is 15.1. The van der Waals surface area contributed by atoms with Gasteiger partial charge in [-0.15, -0.1) is 0 Å². The van der Waals surface area contributed by atoms with Crippen molar-refractivity contribution in [2.75, 3.05) is 20.1 Å². The van der Waals surface area contributed by atoms with Crippen LogP contribution >= 0.6 is 0 Å². The molecule has 0 atom stereocenters. The van der Waals surface area contributed by atoms with Crippen LogP contribution in [-0.2, 0) is 0 Å². The highest BCUT2D eigenvalue weighted by Gasteiger charge is 2.15. The summed E-state index contributed by atoms with van der Waals surface area (Å²) in [6, 6.07) is 0. The molecule has 2 heteroatoms. The van der Waals surface area contributed by atoms with E-state index in [-0.39, 0.29) is 0 Å². The highest BCUT2D eigenvalue weighted by molar-refractivity contribution is 5.65. The molecule has 0 aromatic heterocycles. The van der Waals surface area contributed by atoms with Crippen molar-refractivity contribution in [3.63, 3.8) is 0 Å². The Morgan fingerprint density at radius 1 is 1.70 bits per heavy atom. The van der Waals surface area contributed by atoms with E-state index in [1.165, 1.54) is 11.3 Å². The number of rotatable bonds is 0. The van der Waals surface area contributed by atoms with E-state index in [0.717, 1.165) is 19.5 Å². The van der Waals surface area contributed by atoms with Crippen LogP contribution in [0, 0.1) is 0 Å². The molecular formula is C8H10N2. The van der Waals surface area contributed by atoms with Gasteiger partial charge in [0.05, 0.1) is 5.70 Å². The minimum absolute atomic E-state index is 1.05. The van der Waals surface area contributed by atoms with Crippen molar-refractivity contribution in [3.05, 3.63) is 17.3 Å². The maximum atomic E-state index is 4.14. The Morgan fingerprint density at radius 3 is 3.50 bits per heavy atom. The monoisotopic (exact) mass is 134 g/mol. The highest BCUT2D eigenvalue weighted by Crippen LogP contribution is 2.20. The van der Waals surface area contributed by atoms with Gasteiger partial charge in [-0.2, -0.15) is 0 Å². The van der Waals surface area contributed by atoms with Crippen molar-refractivity contribution in [2.24, 2.45) is 4.99 Å². The Kier molecular flexibility index (Phi) is 1.23. The Labute approximate surface area is 60.6 Å². The quantitative estimate of drug-likeness (QED) is 0.479. The zero-order valence-corrected chi connectivity index (χ0v) is 6.09. The van der Waals surface area contributed by atoms with Gasteiger partial charge in [0.25, 0.3) is 0 Å². The third-order valence-electron chi connectivity index (χ3n) is 1.98. The Morgan fingerprint density at radius 2 is 2.60 bits per heavy atom. The van der Waals surface area contributed by atoms with Crippen LogP contribution in [0.1, 0.15) is 6.42 Å². The molecule has 0 amide bonds. The molecule has 10 heavy (non-hydrogen) atoms. The molecule has 0 aromatic carbocycles. The molecular weight excluding hydrogens is 124 g/mol. The summed E-state index contributed by atoms with van der Waals surface area (Å²) >= 11 is 0. The molecule has 0 fully saturated rings. The molecule has 0 saturated carbocycles. The van der Waals surface area contributed by atoms with Crippen molar-refractivity contribution < 1.29 is 0 Å². The van der Waals surface area contributed by atoms with Gasteiger partial charge in [-0.25, -0.2) is 4.99 Å². The summed E-state index contributed by atoms with van der Waals surface area (Å²) in [6.45, 7) is 2.18. The zero-order chi connectivity index (χ0) is 6.97. The summed E-state index contributed by atoms with van der Waals surface area (Å²) in [4.78, 5) is 6.44. The first-order valence-corrected chi connectivity index (χ1v) is 3.56. The summed E-state index contributed by atoms with van der Waals surface area (Å²) in [7, 11) is 2.13. The van der Waals surface area contributed by atoms with E-state index >= 15 is 0 Å². The van der Waals surface area contributed by atoms with E-state index in [1.807, 2.05) is 6.08 Å². The molecule has 0 saturated heterocycles. The van der Waals surface area contributed by atoms with Crippen LogP contribution < -0.4 is 0 Å². The first kappa shape index (κ1) is 5.90. The van der Waals surface area contributed by atoms with Gasteiger partial charge in [0, 0.05) is 25.6 Å². The molecule has 2 heterocycles. The summed E-state index contributed by atoms with van der Waals surface area (Å²) in [5, 5.41) is 0. The second-order valence-corrected chi connectivity index (χ2v) is 2.84. The lowest BCUT2D eigenvalue weighted by molar-refractivity contribution is 0.352. The van der Waals surface area contributed by atoms with Gasteiger partial charge in [-0.3, -0.25) is 0 Å². The normalized spacial score (nSPS) is 24.1. The van der Waals surface area contributed by atoms with E-state index in [2.05, 4.69) is 22.8 Å². The van der Waals surface area contributed by atoms with Crippen molar-refractivity contribution in [2.45, 2.75) is 6.42 Å². The van der Waals surface area contributed by atoms with E-state index in [4.69, 9.17) is 0 Å². The fraction of sp³-hybridized carbons (Fsp3) is 0.500. The minimum atomic E-state index is 1.05. The fourth-order valence-corrected chi connectivity index (χ4v) is 1.36. The van der Waals surface area contributed by atoms with Crippen molar-refractivity contribution in [1.82, 2.24) is 4.90 Å². The molecule has 0 spiro atoms. The number of aliphatic imine (C=N–C) groups is 1. The van der Waals surface area contributed by atoms with Crippen LogP contribution in [-0.4, -0.2) is 30.9 Å². The minimum Gasteiger partial charge on any atom is -0.302 e. The number of hydrogen-bond acceptors (Lipinski definition) is 2. The smallest absolute Gasteiger partial charge is 0.0568 e. The average Bonchev–Trinajstić information content (AvgIpc) is 2.33. The van der Waals surface area contributed by atoms with Gasteiger partial charge in [-0.05, 0) is 18.5 Å². The van der Waals surface area contributed by atoms with Crippen LogP contribution in [0.4, 0.5) is 0 Å². The zero-order valence-electron chi connectivity index (χ0n) is 6.09. The molecule has 0 radical (unpaired) electrons. The molecule has 2 aliphatic heterocycles. The number of nitrogens with zero attached hydrogens (tertiary/aromatic N) is 2. The first-order chi connectivity index (χ1) is 4.86. The summed E-state index contributed by atoms with van der Waals surface area (Å²) in [6.07, 6.45) is 3.08. The van der Waals surface area contributed by atoms with Crippen molar-refractivity contribution in [1.29, 1.82) is 0 Å². The van der Waals surface area contributed by atoms with Crippen molar-refractivity contribution in [3.8, 4) is 0 Å². The molecule has 52 valence electrons. The molecule has 2 nitrogen and oxygen atoms in total.